The van der Waals surface area contributed by atoms with Crippen molar-refractivity contribution < 1.29 is 0 Å². The van der Waals surface area contributed by atoms with E-state index >= 15 is 0 Å². The molecule has 2 aromatic rings. The molecule has 0 unspecified atom stereocenters. The summed E-state index contributed by atoms with van der Waals surface area (Å²) >= 11 is 0. The van der Waals surface area contributed by atoms with Crippen LogP contribution in [0.2, 0.25) is 72.5 Å². The average molecular weight is 625 g/mol. The topological polar surface area (TPSA) is 70.9 Å². The predicted octanol–water partition coefficient (Wildman–Crippen LogP) is 7.54. The lowest BCUT2D eigenvalue weighted by Gasteiger charge is -2.43. The number of imidazole rings is 1. The summed E-state index contributed by atoms with van der Waals surface area (Å²) in [6.07, 6.45) is 0. The van der Waals surface area contributed by atoms with Gasteiger partial charge < -0.3 is 12.7 Å². The van der Waals surface area contributed by atoms with Gasteiger partial charge in [0.25, 0.3) is 5.56 Å². The predicted molar refractivity (Wildman–Crippen MR) is 185 cm³/mol. The van der Waals surface area contributed by atoms with Crippen LogP contribution in [-0.2, 0) is 0 Å². The highest BCUT2D eigenvalue weighted by Crippen LogP contribution is 2.43. The molecule has 2 heterocycles. The molecule has 0 aliphatic rings. The van der Waals surface area contributed by atoms with Crippen molar-refractivity contribution in [1.82, 2.24) is 16.9 Å². The van der Waals surface area contributed by atoms with Crippen molar-refractivity contribution in [3.63, 3.8) is 0 Å². The fourth-order valence-electron chi connectivity index (χ4n) is 4.63. The Morgan fingerprint density at radius 3 is 0.900 bits per heavy atom. The normalized spacial score (nSPS) is 15.3. The first-order valence-corrected chi connectivity index (χ1v) is 26.6. The molecule has 0 aromatic carbocycles. The Balaban J connectivity index is 3.73. The van der Waals surface area contributed by atoms with Gasteiger partial charge in [0.15, 0.2) is 32.9 Å². The van der Waals surface area contributed by atoms with E-state index in [1.807, 2.05) is 12.7 Å². The molecule has 0 aliphatic carbocycles. The highest BCUT2D eigenvalue weighted by atomic mass is 28.3. The largest absolute Gasteiger partial charge is 0.316 e. The number of aromatic nitrogens is 4. The second-order valence-electron chi connectivity index (χ2n) is 18.1. The van der Waals surface area contributed by atoms with Crippen LogP contribution < -0.4 is 16.9 Å². The van der Waals surface area contributed by atoms with E-state index in [0.717, 1.165) is 0 Å². The molecule has 0 fully saturated rings. The van der Waals surface area contributed by atoms with Crippen molar-refractivity contribution in [1.29, 1.82) is 0 Å². The summed E-state index contributed by atoms with van der Waals surface area (Å²) in [7, 11) is -10.5. The van der Waals surface area contributed by atoms with Gasteiger partial charge in [0, 0.05) is 0 Å². The Morgan fingerprint density at radius 1 is 0.400 bits per heavy atom. The fourth-order valence-corrected chi connectivity index (χ4v) is 12.8. The van der Waals surface area contributed by atoms with E-state index in [9.17, 15) is 14.4 Å². The minimum Gasteiger partial charge on any atom is -0.315 e. The van der Waals surface area contributed by atoms with Gasteiger partial charge in [0.2, 0.25) is 0 Å². The van der Waals surface area contributed by atoms with Crippen LogP contribution in [0.3, 0.4) is 0 Å². The lowest BCUT2D eigenvalue weighted by molar-refractivity contribution is 0.665. The summed E-state index contributed by atoms with van der Waals surface area (Å²) in [4.78, 5) is 44.9. The van der Waals surface area contributed by atoms with E-state index in [-0.39, 0.29) is 37.1 Å². The van der Waals surface area contributed by atoms with E-state index in [1.165, 1.54) is 0 Å². The molecule has 0 saturated heterocycles. The van der Waals surface area contributed by atoms with Crippen molar-refractivity contribution in [3.05, 3.63) is 31.3 Å². The fraction of sp³-hybridized carbons (Fsp3) is 0.828. The van der Waals surface area contributed by atoms with Crippen LogP contribution in [0.5, 0.6) is 0 Å². The second kappa shape index (κ2) is 9.41. The van der Waals surface area contributed by atoms with E-state index < -0.39 is 32.9 Å². The number of fused-ring (bicyclic) bond motifs is 1. The van der Waals surface area contributed by atoms with Gasteiger partial charge >= 0.3 is 11.4 Å². The Kier molecular flexibility index (Phi) is 8.24. The quantitative estimate of drug-likeness (QED) is 0.330. The Hall–Kier alpha value is -1.18. The summed E-state index contributed by atoms with van der Waals surface area (Å²) in [5.41, 5.74) is 0.426. The van der Waals surface area contributed by atoms with Crippen molar-refractivity contribution in [2.45, 2.75) is 156 Å². The van der Waals surface area contributed by atoms with Crippen molar-refractivity contribution >= 4 is 44.1 Å². The molecule has 2 aromatic heterocycles. The Bertz CT molecular complexity index is 1490. The van der Waals surface area contributed by atoms with Crippen LogP contribution in [0.1, 0.15) is 83.1 Å². The molecule has 230 valence electrons. The van der Waals surface area contributed by atoms with Crippen LogP contribution in [0, 0.1) is 0 Å². The molecular weight excluding hydrogens is 565 g/mol. The highest BCUT2D eigenvalue weighted by Gasteiger charge is 2.51. The third kappa shape index (κ3) is 4.84. The molecule has 0 aliphatic heterocycles. The smallest absolute Gasteiger partial charge is 0.315 e. The first kappa shape index (κ1) is 35.0. The molecule has 0 bridgehead atoms. The maximum absolute atomic E-state index is 15.0. The minimum atomic E-state index is -2.68. The van der Waals surface area contributed by atoms with Gasteiger partial charge in [0.1, 0.15) is 11.2 Å². The average Bonchev–Trinajstić information content (AvgIpc) is 2.97. The van der Waals surface area contributed by atoms with Crippen LogP contribution >= 0.6 is 0 Å². The first-order valence-electron chi connectivity index (χ1n) is 14.8. The third-order valence-electron chi connectivity index (χ3n) is 11.6. The Morgan fingerprint density at radius 2 is 0.625 bits per heavy atom. The van der Waals surface area contributed by atoms with E-state index in [0.29, 0.717) is 11.2 Å². The number of rotatable bonds is 4. The van der Waals surface area contributed by atoms with Crippen LogP contribution in [0.15, 0.2) is 14.4 Å². The van der Waals surface area contributed by atoms with Crippen molar-refractivity contribution in [3.8, 4) is 0 Å². The zero-order chi connectivity index (χ0) is 32.2. The second-order valence-corrected chi connectivity index (χ2v) is 38.4. The highest BCUT2D eigenvalue weighted by molar-refractivity contribution is 6.83. The minimum absolute atomic E-state index is 0.106. The van der Waals surface area contributed by atoms with Gasteiger partial charge in [0.05, 0.1) is 0 Å². The lowest BCUT2D eigenvalue weighted by atomic mass is 10.2. The van der Waals surface area contributed by atoms with E-state index in [4.69, 9.17) is 0 Å². The van der Waals surface area contributed by atoms with Crippen LogP contribution in [-0.4, -0.2) is 49.9 Å². The molecule has 2 rings (SSSR count). The van der Waals surface area contributed by atoms with Gasteiger partial charge in [-0.3, -0.25) is 9.03 Å². The molecule has 0 radical (unpaired) electrons. The first-order chi connectivity index (χ1) is 17.2. The summed E-state index contributed by atoms with van der Waals surface area (Å²) < 4.78 is 7.52. The van der Waals surface area contributed by atoms with Gasteiger partial charge in [-0.1, -0.05) is 135 Å². The van der Waals surface area contributed by atoms with Crippen LogP contribution in [0.25, 0.3) is 11.2 Å². The van der Waals surface area contributed by atoms with Crippen molar-refractivity contribution in [2.75, 3.05) is 0 Å². The third-order valence-corrected chi connectivity index (χ3v) is 32.4. The van der Waals surface area contributed by atoms with Gasteiger partial charge in [-0.15, -0.1) is 0 Å². The maximum Gasteiger partial charge on any atom is 0.316 e. The molecule has 0 N–H and O–H groups in total. The number of hydrogen-bond donors (Lipinski definition) is 0. The SMILES string of the molecule is CC(C)(C)[Si](C)(C)n1c(=O)c2c(n([Si](C)(C)C(C)(C)C)c1=O)n([Si](C)(C)C(C)(C)C)c(=O)n2[Si](C)(C)C(C)(C)C. The standard InChI is InChI=1S/C29H60N4O3Si4/c1-26(2,3)37(13,14)30-21-22(31(24(30)35)38(15,16)27(4,5)6)32(39(17,18)28(7,8)9)25(36)33(23(21)34)40(19,20)29(10,11)12/h1-20H3. The van der Waals surface area contributed by atoms with Crippen molar-refractivity contribution in [2.24, 2.45) is 0 Å². The summed E-state index contributed by atoms with van der Waals surface area (Å²) in [6, 6.07) is 0. The molecule has 0 spiro atoms. The van der Waals surface area contributed by atoms with E-state index in [2.05, 4.69) is 135 Å². The maximum atomic E-state index is 15.0. The summed E-state index contributed by atoms with van der Waals surface area (Å²) in [5, 5.41) is -0.840. The number of hydrogen-bond acceptors (Lipinski definition) is 3. The molecule has 7 nitrogen and oxygen atoms in total. The molecule has 0 atom stereocenters. The zero-order valence-corrected chi connectivity index (χ0v) is 33.5. The van der Waals surface area contributed by atoms with E-state index in [1.54, 1.807) is 4.23 Å². The van der Waals surface area contributed by atoms with Gasteiger partial charge in [-0.25, -0.2) is 9.59 Å². The molecule has 40 heavy (non-hydrogen) atoms. The lowest BCUT2D eigenvalue weighted by Crippen LogP contribution is -2.63. The number of nitrogens with zero attached hydrogens (tertiary/aromatic N) is 4. The molecule has 0 saturated carbocycles. The summed E-state index contributed by atoms with van der Waals surface area (Å²) in [5.74, 6) is 0. The van der Waals surface area contributed by atoms with Gasteiger partial charge in [-0.2, -0.15) is 0 Å². The summed E-state index contributed by atoms with van der Waals surface area (Å²) in [6.45, 7) is 43.6. The van der Waals surface area contributed by atoms with Crippen LogP contribution in [0.4, 0.5) is 0 Å². The Labute approximate surface area is 247 Å². The molecular formula is C29H60N4O3Si4. The molecule has 0 amide bonds. The monoisotopic (exact) mass is 624 g/mol. The zero-order valence-electron chi connectivity index (χ0n) is 29.5. The van der Waals surface area contributed by atoms with Gasteiger partial charge in [-0.05, 0) is 20.2 Å². The molecule has 11 heteroatoms.